The number of aldehydes is 1. The Bertz CT molecular complexity index is 211. The summed E-state index contributed by atoms with van der Waals surface area (Å²) in [5.74, 6) is 0. The summed E-state index contributed by atoms with van der Waals surface area (Å²) in [4.78, 5) is 21.3. The molecule has 7 nitrogen and oxygen atoms in total. The minimum atomic E-state index is -1.84. The molecule has 0 aromatic carbocycles. The van der Waals surface area contributed by atoms with Gasteiger partial charge in [-0.1, -0.05) is 0 Å². The van der Waals surface area contributed by atoms with Crippen molar-refractivity contribution in [1.82, 2.24) is 4.90 Å². The predicted octanol–water partition coefficient (Wildman–Crippen LogP) is -2.94. The van der Waals surface area contributed by atoms with E-state index in [9.17, 15) is 19.8 Å². The second-order valence-electron chi connectivity index (χ2n) is 2.96. The molecule has 88 valence electrons. The number of hydrogen-bond acceptors (Lipinski definition) is 6. The lowest BCUT2D eigenvalue weighted by atomic mass is 10.1. The Balaban J connectivity index is 4.47. The highest BCUT2D eigenvalue weighted by atomic mass is 16.4. The lowest BCUT2D eigenvalue weighted by Gasteiger charge is -2.29. The van der Waals surface area contributed by atoms with Crippen LogP contribution >= 0.6 is 0 Å². The molecule has 0 radical (unpaired) electrons. The number of carbonyl (C=O) groups excluding carboxylic acids is 2. The molecule has 0 aromatic rings. The molecule has 15 heavy (non-hydrogen) atoms. The van der Waals surface area contributed by atoms with Gasteiger partial charge < -0.3 is 30.1 Å². The Morgan fingerprint density at radius 3 is 2.00 bits per heavy atom. The number of rotatable bonds is 7. The first-order valence-electron chi connectivity index (χ1n) is 4.38. The minimum Gasteiger partial charge on any atom is -0.387 e. The second kappa shape index (κ2) is 6.46. The van der Waals surface area contributed by atoms with Gasteiger partial charge in [0.2, 0.25) is 6.41 Å². The summed E-state index contributed by atoms with van der Waals surface area (Å²) in [6.45, 7) is 1.67. The molecule has 0 rings (SSSR count). The SMILES string of the molecule is CCN(C=O)C(O)[C@@H](O)[C@@H](O)[C@@H](O)C=O. The summed E-state index contributed by atoms with van der Waals surface area (Å²) in [6, 6.07) is 0. The molecule has 0 saturated heterocycles. The highest BCUT2D eigenvalue weighted by molar-refractivity contribution is 5.56. The van der Waals surface area contributed by atoms with Crippen LogP contribution in [0, 0.1) is 0 Å². The number of likely N-dealkylation sites (N-methyl/N-ethyl adjacent to an activating group) is 1. The summed E-state index contributed by atoms with van der Waals surface area (Å²) in [5, 5.41) is 36.7. The van der Waals surface area contributed by atoms with E-state index in [1.165, 1.54) is 0 Å². The molecule has 0 aliphatic carbocycles. The molecular weight excluding hydrogens is 206 g/mol. The molecule has 4 atom stereocenters. The number of carbonyl (C=O) groups is 2. The minimum absolute atomic E-state index is 0.0256. The van der Waals surface area contributed by atoms with Crippen LogP contribution in [0.1, 0.15) is 6.92 Å². The zero-order valence-corrected chi connectivity index (χ0v) is 8.22. The van der Waals surface area contributed by atoms with Gasteiger partial charge in [0.15, 0.2) is 12.5 Å². The standard InChI is InChI=1S/C8H15NO6/c1-2-9(4-11)8(15)7(14)6(13)5(12)3-10/h3-8,12-15H,2H2,1H3/t5-,6-,7-,8?/m0/s1. The summed E-state index contributed by atoms with van der Waals surface area (Å²) < 4.78 is 0. The van der Waals surface area contributed by atoms with Crippen LogP contribution in [0.4, 0.5) is 0 Å². The zero-order valence-electron chi connectivity index (χ0n) is 8.22. The van der Waals surface area contributed by atoms with Crippen LogP contribution in [0.15, 0.2) is 0 Å². The quantitative estimate of drug-likeness (QED) is 0.270. The third-order valence-electron chi connectivity index (χ3n) is 1.99. The maximum Gasteiger partial charge on any atom is 0.211 e. The van der Waals surface area contributed by atoms with Crippen molar-refractivity contribution in [3.05, 3.63) is 0 Å². The Labute approximate surface area is 86.6 Å². The van der Waals surface area contributed by atoms with Gasteiger partial charge >= 0.3 is 0 Å². The van der Waals surface area contributed by atoms with Gasteiger partial charge in [0.1, 0.15) is 18.3 Å². The van der Waals surface area contributed by atoms with E-state index in [0.29, 0.717) is 0 Å². The van der Waals surface area contributed by atoms with E-state index in [2.05, 4.69) is 0 Å². The summed E-state index contributed by atoms with van der Waals surface area (Å²) >= 11 is 0. The van der Waals surface area contributed by atoms with Crippen molar-refractivity contribution in [2.45, 2.75) is 31.5 Å². The van der Waals surface area contributed by atoms with Gasteiger partial charge in [0.05, 0.1) is 0 Å². The fourth-order valence-corrected chi connectivity index (χ4v) is 0.979. The van der Waals surface area contributed by atoms with Crippen LogP contribution in [0.3, 0.4) is 0 Å². The number of aliphatic hydroxyl groups excluding tert-OH is 4. The lowest BCUT2D eigenvalue weighted by molar-refractivity contribution is -0.160. The van der Waals surface area contributed by atoms with E-state index in [1.54, 1.807) is 6.92 Å². The molecule has 0 spiro atoms. The van der Waals surface area contributed by atoms with Crippen LogP contribution in [-0.4, -0.2) is 69.1 Å². The molecule has 0 saturated carbocycles. The van der Waals surface area contributed by atoms with E-state index >= 15 is 0 Å². The Hall–Kier alpha value is -1.02. The van der Waals surface area contributed by atoms with Crippen LogP contribution < -0.4 is 0 Å². The van der Waals surface area contributed by atoms with Crippen molar-refractivity contribution in [2.24, 2.45) is 0 Å². The molecule has 0 fully saturated rings. The van der Waals surface area contributed by atoms with Crippen LogP contribution in [0.25, 0.3) is 0 Å². The maximum atomic E-state index is 10.4. The number of amides is 1. The molecule has 4 N–H and O–H groups in total. The molecule has 0 aromatic heterocycles. The molecule has 0 aliphatic rings. The monoisotopic (exact) mass is 221 g/mol. The van der Waals surface area contributed by atoms with Crippen LogP contribution in [-0.2, 0) is 9.59 Å². The molecule has 7 heteroatoms. The van der Waals surface area contributed by atoms with Gasteiger partial charge in [-0.3, -0.25) is 4.79 Å². The van der Waals surface area contributed by atoms with E-state index in [0.717, 1.165) is 4.90 Å². The largest absolute Gasteiger partial charge is 0.387 e. The fraction of sp³-hybridized carbons (Fsp3) is 0.750. The molecule has 1 unspecified atom stereocenters. The van der Waals surface area contributed by atoms with Crippen LogP contribution in [0.2, 0.25) is 0 Å². The van der Waals surface area contributed by atoms with Gasteiger partial charge in [-0.15, -0.1) is 0 Å². The zero-order chi connectivity index (χ0) is 12.0. The van der Waals surface area contributed by atoms with Crippen LogP contribution in [0.5, 0.6) is 0 Å². The topological polar surface area (TPSA) is 118 Å². The second-order valence-corrected chi connectivity index (χ2v) is 2.96. The first kappa shape index (κ1) is 14.0. The first-order valence-corrected chi connectivity index (χ1v) is 4.38. The van der Waals surface area contributed by atoms with Gasteiger partial charge in [-0.25, -0.2) is 0 Å². The van der Waals surface area contributed by atoms with E-state index < -0.39 is 24.5 Å². The summed E-state index contributed by atoms with van der Waals surface area (Å²) in [6.07, 6.45) is -6.81. The number of aliphatic hydroxyl groups is 4. The van der Waals surface area contributed by atoms with Crippen molar-refractivity contribution in [3.8, 4) is 0 Å². The lowest BCUT2D eigenvalue weighted by Crippen LogP contribution is -2.52. The molecule has 0 bridgehead atoms. The predicted molar refractivity (Wildman–Crippen MR) is 48.5 cm³/mol. The third-order valence-corrected chi connectivity index (χ3v) is 1.99. The van der Waals surface area contributed by atoms with Crippen molar-refractivity contribution >= 4 is 12.7 Å². The van der Waals surface area contributed by atoms with E-state index in [-0.39, 0.29) is 19.2 Å². The van der Waals surface area contributed by atoms with Crippen molar-refractivity contribution in [2.75, 3.05) is 6.54 Å². The Morgan fingerprint density at radius 1 is 1.13 bits per heavy atom. The fourth-order valence-electron chi connectivity index (χ4n) is 0.979. The third kappa shape index (κ3) is 3.56. The normalized spacial score (nSPS) is 18.7. The Morgan fingerprint density at radius 2 is 1.67 bits per heavy atom. The number of nitrogens with zero attached hydrogens (tertiary/aromatic N) is 1. The summed E-state index contributed by atoms with van der Waals surface area (Å²) in [5.41, 5.74) is 0. The van der Waals surface area contributed by atoms with Gasteiger partial charge in [0.25, 0.3) is 0 Å². The van der Waals surface area contributed by atoms with Gasteiger partial charge in [-0.2, -0.15) is 0 Å². The number of hydrogen-bond donors (Lipinski definition) is 4. The van der Waals surface area contributed by atoms with Crippen molar-refractivity contribution < 1.29 is 30.0 Å². The van der Waals surface area contributed by atoms with Gasteiger partial charge in [-0.05, 0) is 6.92 Å². The summed E-state index contributed by atoms with van der Waals surface area (Å²) in [7, 11) is 0. The van der Waals surface area contributed by atoms with Crippen molar-refractivity contribution in [3.63, 3.8) is 0 Å². The Kier molecular flexibility index (Phi) is 6.02. The average Bonchev–Trinajstić information content (AvgIpc) is 2.27. The van der Waals surface area contributed by atoms with Gasteiger partial charge in [0, 0.05) is 6.54 Å². The molecule has 0 aliphatic heterocycles. The smallest absolute Gasteiger partial charge is 0.211 e. The first-order chi connectivity index (χ1) is 6.99. The highest BCUT2D eigenvalue weighted by Crippen LogP contribution is 2.06. The molecular formula is C8H15NO6. The van der Waals surface area contributed by atoms with E-state index in [4.69, 9.17) is 10.2 Å². The molecule has 1 amide bonds. The van der Waals surface area contributed by atoms with Crippen molar-refractivity contribution in [1.29, 1.82) is 0 Å². The maximum absolute atomic E-state index is 10.4. The van der Waals surface area contributed by atoms with E-state index in [1.807, 2.05) is 0 Å². The average molecular weight is 221 g/mol. The highest BCUT2D eigenvalue weighted by Gasteiger charge is 2.32. The molecule has 0 heterocycles.